The normalized spacial score (nSPS) is 10.9. The number of hydrogen-bond acceptors (Lipinski definition) is 3. The Kier molecular flexibility index (Phi) is 2.89. The zero-order valence-electron chi connectivity index (χ0n) is 8.50. The molecule has 6 heteroatoms. The zero-order chi connectivity index (χ0) is 11.7. The maximum Gasteiger partial charge on any atom is 0.263 e. The Bertz CT molecular complexity index is 596. The van der Waals surface area contributed by atoms with E-state index in [1.807, 2.05) is 0 Å². The van der Waals surface area contributed by atoms with Gasteiger partial charge in [-0.05, 0) is 30.8 Å². The highest BCUT2D eigenvalue weighted by atomic mass is 35.5. The first-order chi connectivity index (χ1) is 7.63. The quantitative estimate of drug-likeness (QED) is 0.808. The Morgan fingerprint density at radius 2 is 2.31 bits per heavy atom. The highest BCUT2D eigenvalue weighted by Gasteiger charge is 2.08. The summed E-state index contributed by atoms with van der Waals surface area (Å²) in [5.74, 6) is -0.443. The molecule has 0 radical (unpaired) electrons. The maximum atomic E-state index is 12.9. The molecule has 16 heavy (non-hydrogen) atoms. The van der Waals surface area contributed by atoms with E-state index in [1.165, 1.54) is 22.8 Å². The van der Waals surface area contributed by atoms with Gasteiger partial charge in [0.25, 0.3) is 5.56 Å². The molecule has 0 aliphatic heterocycles. The van der Waals surface area contributed by atoms with Crippen LogP contribution in [-0.2, 0) is 6.67 Å². The Morgan fingerprint density at radius 1 is 1.56 bits per heavy atom. The van der Waals surface area contributed by atoms with E-state index in [4.69, 9.17) is 11.6 Å². The lowest BCUT2D eigenvalue weighted by Gasteiger charge is -2.08. The first-order valence-electron chi connectivity index (χ1n) is 4.63. The van der Waals surface area contributed by atoms with Crippen molar-refractivity contribution in [3.8, 4) is 0 Å². The fourth-order valence-corrected chi connectivity index (χ4v) is 1.69. The van der Waals surface area contributed by atoms with Crippen molar-refractivity contribution in [2.45, 2.75) is 6.67 Å². The van der Waals surface area contributed by atoms with E-state index in [9.17, 15) is 9.18 Å². The summed E-state index contributed by atoms with van der Waals surface area (Å²) < 4.78 is 14.2. The van der Waals surface area contributed by atoms with Crippen LogP contribution in [0.4, 0.5) is 4.39 Å². The molecule has 0 saturated heterocycles. The van der Waals surface area contributed by atoms with Gasteiger partial charge in [-0.1, -0.05) is 0 Å². The van der Waals surface area contributed by atoms with Gasteiger partial charge in [0.15, 0.2) is 0 Å². The molecule has 2 rings (SSSR count). The molecule has 0 amide bonds. The first kappa shape index (κ1) is 11.0. The smallest absolute Gasteiger partial charge is 0.263 e. The van der Waals surface area contributed by atoms with Gasteiger partial charge in [-0.3, -0.25) is 9.36 Å². The van der Waals surface area contributed by atoms with Crippen molar-refractivity contribution in [1.82, 2.24) is 14.9 Å². The van der Waals surface area contributed by atoms with Crippen LogP contribution in [-0.4, -0.2) is 16.6 Å². The molecule has 2 aromatic rings. The number of nitrogens with zero attached hydrogens (tertiary/aromatic N) is 2. The number of hydrogen-bond donors (Lipinski definition) is 1. The number of fused-ring (bicyclic) bond motifs is 1. The Balaban J connectivity index is 2.78. The summed E-state index contributed by atoms with van der Waals surface area (Å²) in [5.41, 5.74) is -0.0216. The SMILES string of the molecule is CNCn1c(Cl)nc2cc(F)ccc2c1=O. The third kappa shape index (κ3) is 1.79. The summed E-state index contributed by atoms with van der Waals surface area (Å²) in [5, 5.41) is 3.19. The van der Waals surface area contributed by atoms with E-state index in [-0.39, 0.29) is 23.0 Å². The van der Waals surface area contributed by atoms with Crippen LogP contribution < -0.4 is 10.9 Å². The summed E-state index contributed by atoms with van der Waals surface area (Å²) in [6.07, 6.45) is 0. The van der Waals surface area contributed by atoms with E-state index >= 15 is 0 Å². The molecule has 0 atom stereocenters. The average Bonchev–Trinajstić information content (AvgIpc) is 2.23. The van der Waals surface area contributed by atoms with Crippen LogP contribution in [0, 0.1) is 5.82 Å². The van der Waals surface area contributed by atoms with Gasteiger partial charge in [-0.2, -0.15) is 0 Å². The van der Waals surface area contributed by atoms with Gasteiger partial charge in [-0.25, -0.2) is 9.37 Å². The van der Waals surface area contributed by atoms with Crippen LogP contribution in [0.2, 0.25) is 5.28 Å². The molecule has 84 valence electrons. The fourth-order valence-electron chi connectivity index (χ4n) is 1.46. The number of aromatic nitrogens is 2. The minimum Gasteiger partial charge on any atom is -0.302 e. The molecule has 0 aliphatic carbocycles. The van der Waals surface area contributed by atoms with Gasteiger partial charge in [-0.15, -0.1) is 0 Å². The van der Waals surface area contributed by atoms with E-state index in [0.717, 1.165) is 0 Å². The van der Waals surface area contributed by atoms with Gasteiger partial charge in [0, 0.05) is 6.07 Å². The van der Waals surface area contributed by atoms with Crippen LogP contribution >= 0.6 is 11.6 Å². The maximum absolute atomic E-state index is 12.9. The van der Waals surface area contributed by atoms with Crippen molar-refractivity contribution in [3.63, 3.8) is 0 Å². The molecule has 1 aromatic carbocycles. The van der Waals surface area contributed by atoms with E-state index in [0.29, 0.717) is 5.39 Å². The third-order valence-electron chi connectivity index (χ3n) is 2.19. The van der Waals surface area contributed by atoms with Gasteiger partial charge in [0.05, 0.1) is 17.6 Å². The lowest BCUT2D eigenvalue weighted by Crippen LogP contribution is -2.27. The minimum atomic E-state index is -0.443. The second-order valence-electron chi connectivity index (χ2n) is 3.29. The van der Waals surface area contributed by atoms with Crippen molar-refractivity contribution < 1.29 is 4.39 Å². The van der Waals surface area contributed by atoms with E-state index < -0.39 is 5.82 Å². The highest BCUT2D eigenvalue weighted by molar-refractivity contribution is 6.28. The number of benzene rings is 1. The van der Waals surface area contributed by atoms with Gasteiger partial charge < -0.3 is 5.32 Å². The predicted molar refractivity (Wildman–Crippen MR) is 60.0 cm³/mol. The zero-order valence-corrected chi connectivity index (χ0v) is 9.25. The summed E-state index contributed by atoms with van der Waals surface area (Å²) in [6, 6.07) is 3.82. The Labute approximate surface area is 95.7 Å². The largest absolute Gasteiger partial charge is 0.302 e. The number of nitrogens with one attached hydrogen (secondary N) is 1. The molecule has 0 fully saturated rings. The fraction of sp³-hybridized carbons (Fsp3) is 0.200. The average molecular weight is 242 g/mol. The number of rotatable bonds is 2. The van der Waals surface area contributed by atoms with Gasteiger partial charge in [0.1, 0.15) is 5.82 Å². The van der Waals surface area contributed by atoms with Crippen molar-refractivity contribution >= 4 is 22.5 Å². The van der Waals surface area contributed by atoms with Crippen molar-refractivity contribution in [1.29, 1.82) is 0 Å². The molecule has 0 saturated carbocycles. The summed E-state index contributed by atoms with van der Waals surface area (Å²) >= 11 is 5.83. The Hall–Kier alpha value is -1.46. The Morgan fingerprint density at radius 3 is 3.00 bits per heavy atom. The van der Waals surface area contributed by atoms with Crippen LogP contribution in [0.1, 0.15) is 0 Å². The second kappa shape index (κ2) is 4.19. The lowest BCUT2D eigenvalue weighted by atomic mass is 10.2. The van der Waals surface area contributed by atoms with E-state index in [1.54, 1.807) is 7.05 Å². The number of halogens is 2. The second-order valence-corrected chi connectivity index (χ2v) is 3.63. The minimum absolute atomic E-state index is 0.0393. The molecule has 0 aliphatic rings. The molecule has 4 nitrogen and oxygen atoms in total. The summed E-state index contributed by atoms with van der Waals surface area (Å²) in [4.78, 5) is 15.9. The van der Waals surface area contributed by atoms with Gasteiger partial charge >= 0.3 is 0 Å². The molecule has 1 N–H and O–H groups in total. The third-order valence-corrected chi connectivity index (χ3v) is 2.48. The van der Waals surface area contributed by atoms with E-state index in [2.05, 4.69) is 10.3 Å². The van der Waals surface area contributed by atoms with Gasteiger partial charge in [0.2, 0.25) is 5.28 Å². The molecule has 0 spiro atoms. The molecular weight excluding hydrogens is 233 g/mol. The van der Waals surface area contributed by atoms with Crippen molar-refractivity contribution in [2.24, 2.45) is 0 Å². The summed E-state index contributed by atoms with van der Waals surface area (Å²) in [7, 11) is 1.69. The first-order valence-corrected chi connectivity index (χ1v) is 5.01. The summed E-state index contributed by atoms with van der Waals surface area (Å²) in [6.45, 7) is 0.262. The van der Waals surface area contributed by atoms with Crippen LogP contribution in [0.25, 0.3) is 10.9 Å². The highest BCUT2D eigenvalue weighted by Crippen LogP contribution is 2.12. The van der Waals surface area contributed by atoms with Crippen LogP contribution in [0.3, 0.4) is 0 Å². The molecular formula is C10H9ClFN3O. The van der Waals surface area contributed by atoms with Crippen LogP contribution in [0.15, 0.2) is 23.0 Å². The van der Waals surface area contributed by atoms with Crippen LogP contribution in [0.5, 0.6) is 0 Å². The monoisotopic (exact) mass is 241 g/mol. The topological polar surface area (TPSA) is 46.9 Å². The molecule has 0 unspecified atom stereocenters. The lowest BCUT2D eigenvalue weighted by molar-refractivity contribution is 0.593. The standard InChI is InChI=1S/C10H9ClFN3O/c1-13-5-15-9(16)7-3-2-6(12)4-8(7)14-10(15)11/h2-4,13H,5H2,1H3. The van der Waals surface area contributed by atoms with Crippen molar-refractivity contribution in [3.05, 3.63) is 39.7 Å². The predicted octanol–water partition coefficient (Wildman–Crippen LogP) is 1.37. The molecule has 1 aromatic heterocycles. The van der Waals surface area contributed by atoms with Crippen molar-refractivity contribution in [2.75, 3.05) is 7.05 Å². The molecule has 0 bridgehead atoms. The molecule has 1 heterocycles.